The summed E-state index contributed by atoms with van der Waals surface area (Å²) in [5, 5.41) is 14.5. The van der Waals surface area contributed by atoms with Crippen LogP contribution in [0.5, 0.6) is 0 Å². The minimum absolute atomic E-state index is 0.200. The lowest BCUT2D eigenvalue weighted by atomic mass is 9.69. The Morgan fingerprint density at radius 2 is 1.00 bits per heavy atom. The minimum atomic E-state index is -5.65. The molecule has 0 aromatic rings. The molecule has 0 radical (unpaired) electrons. The van der Waals surface area contributed by atoms with Crippen molar-refractivity contribution in [1.29, 1.82) is 10.8 Å². The predicted octanol–water partition coefficient (Wildman–Crippen LogP) is 4.54. The van der Waals surface area contributed by atoms with Crippen LogP contribution in [-0.4, -0.2) is 23.8 Å². The molecule has 0 saturated heterocycles. The first-order valence-corrected chi connectivity index (χ1v) is 6.28. The second-order valence-corrected chi connectivity index (χ2v) is 4.90. The standard InChI is InChI=1S/C15H10F6N2/c16-14(17,18)13(15(19,20)21,9-1-5-11(22)6-2-9)10-3-7-12(23)8-4-10/h1-8,22-23H/q+2. The van der Waals surface area contributed by atoms with E-state index in [4.69, 9.17) is 10.8 Å². The summed E-state index contributed by atoms with van der Waals surface area (Å²) in [5.41, 5.74) is -6.67. The van der Waals surface area contributed by atoms with Crippen LogP contribution in [0, 0.1) is 29.1 Å². The maximum atomic E-state index is 13.6. The summed E-state index contributed by atoms with van der Waals surface area (Å²) < 4.78 is 81.8. The summed E-state index contributed by atoms with van der Waals surface area (Å²) in [7, 11) is 0. The van der Waals surface area contributed by atoms with Crippen LogP contribution >= 0.6 is 0 Å². The molecule has 0 saturated carbocycles. The van der Waals surface area contributed by atoms with E-state index in [-0.39, 0.29) is 11.4 Å². The van der Waals surface area contributed by atoms with E-state index in [0.29, 0.717) is 24.3 Å². The van der Waals surface area contributed by atoms with Crippen molar-refractivity contribution >= 4 is 11.4 Å². The third-order valence-corrected chi connectivity index (χ3v) is 3.49. The average Bonchev–Trinajstić information content (AvgIpc) is 2.40. The van der Waals surface area contributed by atoms with Gasteiger partial charge < -0.3 is 0 Å². The molecule has 0 fully saturated rings. The first kappa shape index (κ1) is 17.0. The van der Waals surface area contributed by atoms with Crippen molar-refractivity contribution in [3.05, 3.63) is 60.4 Å². The fraction of sp³-hybridized carbons (Fsp3) is 0.200. The lowest BCUT2D eigenvalue weighted by Crippen LogP contribution is -2.52. The van der Waals surface area contributed by atoms with Crippen LogP contribution in [0.2, 0.25) is 0 Å². The van der Waals surface area contributed by atoms with Gasteiger partial charge in [-0.15, -0.1) is 0 Å². The number of halogens is 6. The number of rotatable bonds is 2. The van der Waals surface area contributed by atoms with Crippen LogP contribution in [0.4, 0.5) is 26.3 Å². The van der Waals surface area contributed by atoms with Gasteiger partial charge in [0.1, 0.15) is 0 Å². The van der Waals surface area contributed by atoms with Crippen molar-refractivity contribution in [2.24, 2.45) is 5.41 Å². The van der Waals surface area contributed by atoms with Crippen LogP contribution in [0.25, 0.3) is 0 Å². The van der Waals surface area contributed by atoms with Gasteiger partial charge in [-0.1, -0.05) is 0 Å². The second-order valence-electron chi connectivity index (χ2n) is 4.90. The fourth-order valence-electron chi connectivity index (χ4n) is 2.42. The van der Waals surface area contributed by atoms with Crippen molar-refractivity contribution in [1.82, 2.24) is 0 Å². The molecular formula is C15H10F6N2+2. The first-order chi connectivity index (χ1) is 10.5. The minimum Gasteiger partial charge on any atom is -0.275 e. The third-order valence-electron chi connectivity index (χ3n) is 3.49. The molecule has 0 bridgehead atoms. The molecule has 0 heterocycles. The molecule has 2 N–H and O–H groups in total. The summed E-state index contributed by atoms with van der Waals surface area (Å²) in [4.78, 5) is 0. The molecule has 23 heavy (non-hydrogen) atoms. The summed E-state index contributed by atoms with van der Waals surface area (Å²) in [6, 6.07) is 0. The molecule has 2 nitrogen and oxygen atoms in total. The number of hydrogen-bond acceptors (Lipinski definition) is 2. The molecule has 0 spiro atoms. The number of nitrogens with one attached hydrogen (secondary N) is 2. The lowest BCUT2D eigenvalue weighted by Gasteiger charge is -2.34. The van der Waals surface area contributed by atoms with Gasteiger partial charge in [-0.25, -0.2) is 0 Å². The predicted molar refractivity (Wildman–Crippen MR) is 73.0 cm³/mol. The summed E-state index contributed by atoms with van der Waals surface area (Å²) >= 11 is 0. The van der Waals surface area contributed by atoms with E-state index < -0.39 is 28.9 Å². The SMILES string of the molecule is N=C1C=CC(C(C2=C[CH+]C(=N)C=C2)(C(F)(F)F)C(F)(F)F)=C[CH+]1. The molecule has 0 aromatic carbocycles. The molecule has 0 aliphatic heterocycles. The smallest absolute Gasteiger partial charge is 0.275 e. The lowest BCUT2D eigenvalue weighted by molar-refractivity contribution is -0.308. The van der Waals surface area contributed by atoms with Crippen molar-refractivity contribution in [2.75, 3.05) is 0 Å². The molecule has 2 rings (SSSR count). The maximum Gasteiger partial charge on any atom is 0.434 e. The molecule has 0 unspecified atom stereocenters. The molecule has 0 atom stereocenters. The molecular weight excluding hydrogens is 322 g/mol. The molecule has 0 aromatic heterocycles. The summed E-state index contributed by atoms with van der Waals surface area (Å²) in [5.74, 6) is 0. The van der Waals surface area contributed by atoms with Gasteiger partial charge in [-0.05, 0) is 0 Å². The Morgan fingerprint density at radius 1 is 0.652 bits per heavy atom. The van der Waals surface area contributed by atoms with Crippen molar-refractivity contribution in [3.8, 4) is 0 Å². The van der Waals surface area contributed by atoms with Gasteiger partial charge in [-0.2, -0.15) is 26.3 Å². The van der Waals surface area contributed by atoms with Crippen molar-refractivity contribution in [3.63, 3.8) is 0 Å². The van der Waals surface area contributed by atoms with Crippen molar-refractivity contribution < 1.29 is 26.3 Å². The van der Waals surface area contributed by atoms with E-state index >= 15 is 0 Å². The number of alkyl halides is 6. The second kappa shape index (κ2) is 5.36. The normalized spacial score (nSPS) is 19.0. The summed E-state index contributed by atoms with van der Waals surface area (Å²) in [6.45, 7) is 0. The highest BCUT2D eigenvalue weighted by Gasteiger charge is 2.79. The molecule has 0 amide bonds. The van der Waals surface area contributed by atoms with E-state index in [1.54, 1.807) is 0 Å². The Labute approximate surface area is 127 Å². The van der Waals surface area contributed by atoms with Crippen LogP contribution in [0.3, 0.4) is 0 Å². The average molecular weight is 332 g/mol. The van der Waals surface area contributed by atoms with Gasteiger partial charge in [0.15, 0.2) is 11.4 Å². The topological polar surface area (TPSA) is 47.7 Å². The van der Waals surface area contributed by atoms with Crippen LogP contribution < -0.4 is 0 Å². The zero-order valence-corrected chi connectivity index (χ0v) is 11.4. The highest BCUT2D eigenvalue weighted by atomic mass is 19.4. The Bertz CT molecular complexity index is 600. The van der Waals surface area contributed by atoms with Crippen LogP contribution in [0.1, 0.15) is 0 Å². The van der Waals surface area contributed by atoms with Gasteiger partial charge >= 0.3 is 12.4 Å². The molecule has 2 aliphatic carbocycles. The number of allylic oxidation sites excluding steroid dienone is 8. The van der Waals surface area contributed by atoms with E-state index in [0.717, 1.165) is 25.0 Å². The monoisotopic (exact) mass is 332 g/mol. The van der Waals surface area contributed by atoms with E-state index in [1.165, 1.54) is 0 Å². The third kappa shape index (κ3) is 2.69. The zero-order valence-electron chi connectivity index (χ0n) is 11.4. The van der Waals surface area contributed by atoms with Gasteiger partial charge in [0.2, 0.25) is 0 Å². The molecule has 120 valence electrons. The molecule has 2 aliphatic rings. The van der Waals surface area contributed by atoms with Crippen LogP contribution in [-0.2, 0) is 0 Å². The van der Waals surface area contributed by atoms with Gasteiger partial charge in [0, 0.05) is 0 Å². The van der Waals surface area contributed by atoms with Crippen LogP contribution in [0.15, 0.2) is 47.6 Å². The maximum absolute atomic E-state index is 13.6. The Morgan fingerprint density at radius 3 is 1.22 bits per heavy atom. The Hall–Kier alpha value is -2.38. The quantitative estimate of drug-likeness (QED) is 0.551. The number of hydrogen-bond donors (Lipinski definition) is 2. The first-order valence-electron chi connectivity index (χ1n) is 6.28. The highest BCUT2D eigenvalue weighted by molar-refractivity contribution is 6.03. The van der Waals surface area contributed by atoms with Crippen molar-refractivity contribution in [2.45, 2.75) is 12.4 Å². The Kier molecular flexibility index (Phi) is 3.96. The summed E-state index contributed by atoms with van der Waals surface area (Å²) in [6.07, 6.45) is -5.20. The fourth-order valence-corrected chi connectivity index (χ4v) is 2.42. The van der Waals surface area contributed by atoms with E-state index in [1.807, 2.05) is 0 Å². The van der Waals surface area contributed by atoms with Gasteiger partial charge in [0.05, 0.1) is 60.4 Å². The molecule has 8 heteroatoms. The van der Waals surface area contributed by atoms with Gasteiger partial charge in [0.25, 0.3) is 5.41 Å². The van der Waals surface area contributed by atoms with Gasteiger partial charge in [-0.3, -0.25) is 10.8 Å². The highest BCUT2D eigenvalue weighted by Crippen LogP contribution is 2.60. The Balaban J connectivity index is 2.73. The zero-order chi connectivity index (χ0) is 17.5. The largest absolute Gasteiger partial charge is 0.434 e. The van der Waals surface area contributed by atoms with E-state index in [2.05, 4.69) is 0 Å². The van der Waals surface area contributed by atoms with E-state index in [9.17, 15) is 26.3 Å².